The molecule has 4 nitrogen and oxygen atoms in total. The summed E-state index contributed by atoms with van der Waals surface area (Å²) in [5, 5.41) is 16.7. The minimum atomic E-state index is 0.145. The van der Waals surface area contributed by atoms with E-state index in [2.05, 4.69) is 24.0 Å². The zero-order valence-corrected chi connectivity index (χ0v) is 11.8. The average molecular weight is 262 g/mol. The third-order valence-corrected chi connectivity index (χ3v) is 3.73. The lowest BCUT2D eigenvalue weighted by Crippen LogP contribution is -2.39. The van der Waals surface area contributed by atoms with E-state index in [0.717, 1.165) is 0 Å². The zero-order chi connectivity index (χ0) is 13.8. The van der Waals surface area contributed by atoms with Crippen LogP contribution in [0.2, 0.25) is 0 Å². The van der Waals surface area contributed by atoms with E-state index in [9.17, 15) is 5.11 Å². The molecule has 1 saturated heterocycles. The zero-order valence-electron chi connectivity index (χ0n) is 11.8. The molecule has 1 fully saturated rings. The third kappa shape index (κ3) is 3.00. The number of aromatic hydroxyl groups is 1. The van der Waals surface area contributed by atoms with Gasteiger partial charge in [0.15, 0.2) is 11.5 Å². The van der Waals surface area contributed by atoms with Crippen LogP contribution in [0.3, 0.4) is 0 Å². The highest BCUT2D eigenvalue weighted by molar-refractivity contribution is 5.84. The molecule has 19 heavy (non-hydrogen) atoms. The fourth-order valence-corrected chi connectivity index (χ4v) is 2.57. The first-order valence-corrected chi connectivity index (χ1v) is 6.81. The van der Waals surface area contributed by atoms with Gasteiger partial charge >= 0.3 is 0 Å². The van der Waals surface area contributed by atoms with Crippen molar-refractivity contribution in [1.82, 2.24) is 5.01 Å². The number of benzene rings is 1. The van der Waals surface area contributed by atoms with Crippen molar-refractivity contribution in [3.8, 4) is 11.5 Å². The molecular weight excluding hydrogens is 240 g/mol. The number of hydrogen-bond acceptors (Lipinski definition) is 4. The number of hydrogen-bond donors (Lipinski definition) is 1. The molecule has 2 rings (SSSR count). The summed E-state index contributed by atoms with van der Waals surface area (Å²) < 4.78 is 5.09. The number of methoxy groups -OCH3 is 1. The molecule has 1 N–H and O–H groups in total. The van der Waals surface area contributed by atoms with Gasteiger partial charge < -0.3 is 9.84 Å². The highest BCUT2D eigenvalue weighted by Crippen LogP contribution is 2.28. The van der Waals surface area contributed by atoms with Crippen LogP contribution >= 0.6 is 0 Å². The normalized spacial score (nSPS) is 23.8. The summed E-state index contributed by atoms with van der Waals surface area (Å²) in [6, 6.07) is 6.32. The van der Waals surface area contributed by atoms with Gasteiger partial charge in [-0.05, 0) is 45.2 Å². The largest absolute Gasteiger partial charge is 0.504 e. The van der Waals surface area contributed by atoms with E-state index in [4.69, 9.17) is 4.74 Å². The highest BCUT2D eigenvalue weighted by atomic mass is 16.5. The third-order valence-electron chi connectivity index (χ3n) is 3.73. The molecule has 1 heterocycles. The summed E-state index contributed by atoms with van der Waals surface area (Å²) in [7, 11) is 1.55. The maximum Gasteiger partial charge on any atom is 0.166 e. The van der Waals surface area contributed by atoms with Crippen LogP contribution < -0.4 is 4.74 Å². The summed E-state index contributed by atoms with van der Waals surface area (Å²) in [5.74, 6) is 0.620. The van der Waals surface area contributed by atoms with Crippen molar-refractivity contribution in [3.63, 3.8) is 0 Å². The number of hydrazone groups is 1. The number of phenols is 1. The van der Waals surface area contributed by atoms with Gasteiger partial charge in [0, 0.05) is 17.6 Å². The summed E-state index contributed by atoms with van der Waals surface area (Å²) >= 11 is 0. The van der Waals surface area contributed by atoms with Crippen molar-refractivity contribution in [2.45, 2.75) is 45.2 Å². The van der Waals surface area contributed by atoms with Gasteiger partial charge in [-0.3, -0.25) is 5.01 Å². The summed E-state index contributed by atoms with van der Waals surface area (Å²) in [4.78, 5) is 0. The Bertz CT molecular complexity index is 449. The second-order valence-corrected chi connectivity index (χ2v) is 5.15. The van der Waals surface area contributed by atoms with Gasteiger partial charge in [-0.25, -0.2) is 0 Å². The first kappa shape index (κ1) is 13.7. The molecule has 1 aliphatic heterocycles. The molecule has 104 valence electrons. The monoisotopic (exact) mass is 262 g/mol. The Hall–Kier alpha value is -1.71. The van der Waals surface area contributed by atoms with E-state index in [1.54, 1.807) is 19.4 Å². The second kappa shape index (κ2) is 5.95. The Morgan fingerprint density at radius 1 is 1.32 bits per heavy atom. The van der Waals surface area contributed by atoms with Crippen LogP contribution in [-0.4, -0.2) is 35.5 Å². The number of rotatable bonds is 3. The maximum absolute atomic E-state index is 10.0. The lowest BCUT2D eigenvalue weighted by atomic mass is 10.00. The van der Waals surface area contributed by atoms with Crippen LogP contribution in [0.4, 0.5) is 0 Å². The molecule has 0 saturated carbocycles. The summed E-state index contributed by atoms with van der Waals surface area (Å²) in [5.41, 5.74) is 0.685. The predicted octanol–water partition coefficient (Wildman–Crippen LogP) is 3.00. The molecule has 0 aromatic heterocycles. The van der Waals surface area contributed by atoms with Crippen molar-refractivity contribution < 1.29 is 9.84 Å². The SMILES string of the molecule is COc1cccc(/C=N/N2C(C)CCCC2C)c1O. The van der Waals surface area contributed by atoms with Gasteiger partial charge in [0.2, 0.25) is 0 Å². The fourth-order valence-electron chi connectivity index (χ4n) is 2.57. The molecule has 4 heteroatoms. The van der Waals surface area contributed by atoms with Gasteiger partial charge in [0.1, 0.15) is 0 Å². The quantitative estimate of drug-likeness (QED) is 0.852. The van der Waals surface area contributed by atoms with Gasteiger partial charge in [0.05, 0.1) is 13.3 Å². The van der Waals surface area contributed by atoms with Gasteiger partial charge in [-0.2, -0.15) is 5.10 Å². The van der Waals surface area contributed by atoms with Crippen LogP contribution in [0, 0.1) is 0 Å². The number of nitrogens with zero attached hydrogens (tertiary/aromatic N) is 2. The van der Waals surface area contributed by atoms with E-state index < -0.39 is 0 Å². The van der Waals surface area contributed by atoms with E-state index in [0.29, 0.717) is 23.4 Å². The van der Waals surface area contributed by atoms with Crippen LogP contribution in [0.5, 0.6) is 11.5 Å². The molecule has 0 amide bonds. The molecule has 2 unspecified atom stereocenters. The standard InChI is InChI=1S/C15H22N2O2/c1-11-6-4-7-12(2)17(11)16-10-13-8-5-9-14(19-3)15(13)18/h5,8-12,18H,4,6-7H2,1-3H3/b16-10+. The number of phenolic OH excluding ortho intramolecular Hbond substituents is 1. The molecular formula is C15H22N2O2. The van der Waals surface area contributed by atoms with E-state index in [1.165, 1.54) is 19.3 Å². The topological polar surface area (TPSA) is 45.1 Å². The van der Waals surface area contributed by atoms with E-state index in [1.807, 2.05) is 12.1 Å². The smallest absolute Gasteiger partial charge is 0.166 e. The van der Waals surface area contributed by atoms with Crippen LogP contribution in [0.15, 0.2) is 23.3 Å². The van der Waals surface area contributed by atoms with Crippen molar-refractivity contribution in [2.24, 2.45) is 5.10 Å². The Morgan fingerprint density at radius 3 is 2.63 bits per heavy atom. The maximum atomic E-state index is 10.0. The van der Waals surface area contributed by atoms with Crippen molar-refractivity contribution in [3.05, 3.63) is 23.8 Å². The Balaban J connectivity index is 2.18. The second-order valence-electron chi connectivity index (χ2n) is 5.15. The lowest BCUT2D eigenvalue weighted by molar-refractivity contribution is 0.109. The van der Waals surface area contributed by atoms with E-state index in [-0.39, 0.29) is 5.75 Å². The molecule has 1 aromatic rings. The first-order chi connectivity index (χ1) is 9.13. The molecule has 2 atom stereocenters. The molecule has 0 aliphatic carbocycles. The molecule has 1 aliphatic rings. The molecule has 0 bridgehead atoms. The Morgan fingerprint density at radius 2 is 2.00 bits per heavy atom. The van der Waals surface area contributed by atoms with Gasteiger partial charge in [-0.1, -0.05) is 6.07 Å². The minimum Gasteiger partial charge on any atom is -0.504 e. The predicted molar refractivity (Wildman–Crippen MR) is 76.9 cm³/mol. The van der Waals surface area contributed by atoms with Crippen LogP contribution in [0.1, 0.15) is 38.7 Å². The van der Waals surface area contributed by atoms with E-state index >= 15 is 0 Å². The number of ether oxygens (including phenoxy) is 1. The van der Waals surface area contributed by atoms with Crippen LogP contribution in [-0.2, 0) is 0 Å². The van der Waals surface area contributed by atoms with Gasteiger partial charge in [-0.15, -0.1) is 0 Å². The molecule has 0 spiro atoms. The molecule has 0 radical (unpaired) electrons. The minimum absolute atomic E-state index is 0.145. The average Bonchev–Trinajstić information content (AvgIpc) is 2.40. The number of piperidine rings is 1. The van der Waals surface area contributed by atoms with Crippen LogP contribution in [0.25, 0.3) is 0 Å². The summed E-state index contributed by atoms with van der Waals surface area (Å²) in [6.45, 7) is 4.39. The molecule has 1 aromatic carbocycles. The van der Waals surface area contributed by atoms with Gasteiger partial charge in [0.25, 0.3) is 0 Å². The van der Waals surface area contributed by atoms with Crippen molar-refractivity contribution in [2.75, 3.05) is 7.11 Å². The Labute approximate surface area is 114 Å². The number of para-hydroxylation sites is 1. The fraction of sp³-hybridized carbons (Fsp3) is 0.533. The summed E-state index contributed by atoms with van der Waals surface area (Å²) in [6.07, 6.45) is 5.33. The first-order valence-electron chi connectivity index (χ1n) is 6.81. The van der Waals surface area contributed by atoms with Crippen molar-refractivity contribution >= 4 is 6.21 Å². The van der Waals surface area contributed by atoms with Crippen molar-refractivity contribution in [1.29, 1.82) is 0 Å². The highest BCUT2D eigenvalue weighted by Gasteiger charge is 2.22. The Kier molecular flexibility index (Phi) is 4.30. The lowest BCUT2D eigenvalue weighted by Gasteiger charge is -2.36.